The molecule has 0 saturated heterocycles. The lowest BCUT2D eigenvalue weighted by molar-refractivity contribution is 0.603. The average Bonchev–Trinajstić information content (AvgIpc) is 2.71. The van der Waals surface area contributed by atoms with Crippen LogP contribution in [0.1, 0.15) is 19.9 Å². The first-order valence-electron chi connectivity index (χ1n) is 5.04. The molecule has 0 fully saturated rings. The van der Waals surface area contributed by atoms with Gasteiger partial charge in [-0.25, -0.2) is 4.39 Å². The van der Waals surface area contributed by atoms with Gasteiger partial charge in [0.1, 0.15) is 12.1 Å². The Morgan fingerprint density at radius 2 is 2.12 bits per heavy atom. The number of rotatable bonds is 2. The normalized spacial score (nSPS) is 11.0. The number of benzene rings is 1. The van der Waals surface area contributed by atoms with E-state index in [4.69, 9.17) is 5.73 Å². The summed E-state index contributed by atoms with van der Waals surface area (Å²) < 4.78 is 14.9. The van der Waals surface area contributed by atoms with E-state index < -0.39 is 5.82 Å². The van der Waals surface area contributed by atoms with Gasteiger partial charge in [0.25, 0.3) is 0 Å². The lowest BCUT2D eigenvalue weighted by Gasteiger charge is -2.10. The van der Waals surface area contributed by atoms with Gasteiger partial charge in [0.05, 0.1) is 5.69 Å². The fourth-order valence-corrected chi connectivity index (χ4v) is 1.51. The van der Waals surface area contributed by atoms with Gasteiger partial charge in [0.2, 0.25) is 0 Å². The van der Waals surface area contributed by atoms with Gasteiger partial charge in [-0.3, -0.25) is 0 Å². The molecule has 0 bridgehead atoms. The van der Waals surface area contributed by atoms with Crippen LogP contribution in [0, 0.1) is 5.82 Å². The first-order chi connectivity index (χ1) is 7.59. The van der Waals surface area contributed by atoms with Crippen LogP contribution in [0.2, 0.25) is 0 Å². The van der Waals surface area contributed by atoms with Crippen LogP contribution >= 0.6 is 0 Å². The number of aromatic nitrogens is 3. The highest BCUT2D eigenvalue weighted by Gasteiger charge is 2.10. The smallest absolute Gasteiger partial charge is 0.164 e. The molecular formula is C11H13FN4. The molecule has 0 amide bonds. The second-order valence-electron chi connectivity index (χ2n) is 3.89. The van der Waals surface area contributed by atoms with Crippen LogP contribution in [0.5, 0.6) is 0 Å². The van der Waals surface area contributed by atoms with Crippen molar-refractivity contribution in [3.8, 4) is 11.4 Å². The third-order valence-electron chi connectivity index (χ3n) is 2.38. The molecule has 0 aliphatic heterocycles. The highest BCUT2D eigenvalue weighted by molar-refractivity contribution is 5.61. The van der Waals surface area contributed by atoms with Crippen molar-refractivity contribution in [3.05, 3.63) is 30.3 Å². The second-order valence-corrected chi connectivity index (χ2v) is 3.89. The van der Waals surface area contributed by atoms with Crippen LogP contribution in [-0.4, -0.2) is 14.8 Å². The first kappa shape index (κ1) is 10.6. The Morgan fingerprint density at radius 3 is 2.75 bits per heavy atom. The second kappa shape index (κ2) is 3.92. The van der Waals surface area contributed by atoms with Crippen molar-refractivity contribution in [2.24, 2.45) is 0 Å². The first-order valence-corrected chi connectivity index (χ1v) is 5.04. The predicted molar refractivity (Wildman–Crippen MR) is 60.2 cm³/mol. The minimum Gasteiger partial charge on any atom is -0.396 e. The molecule has 0 atom stereocenters. The van der Waals surface area contributed by atoms with Crippen molar-refractivity contribution in [1.29, 1.82) is 0 Å². The van der Waals surface area contributed by atoms with Crippen molar-refractivity contribution in [2.75, 3.05) is 5.73 Å². The molecule has 2 rings (SSSR count). The van der Waals surface area contributed by atoms with Crippen LogP contribution in [0.25, 0.3) is 11.4 Å². The van der Waals surface area contributed by atoms with Gasteiger partial charge in [-0.05, 0) is 32.0 Å². The highest BCUT2D eigenvalue weighted by Crippen LogP contribution is 2.23. The summed E-state index contributed by atoms with van der Waals surface area (Å²) in [5, 5.41) is 7.86. The van der Waals surface area contributed by atoms with Gasteiger partial charge in [0.15, 0.2) is 5.82 Å². The molecule has 84 valence electrons. The molecule has 4 nitrogen and oxygen atoms in total. The largest absolute Gasteiger partial charge is 0.396 e. The zero-order valence-electron chi connectivity index (χ0n) is 9.18. The van der Waals surface area contributed by atoms with E-state index in [0.717, 1.165) is 5.56 Å². The maximum absolute atomic E-state index is 13.0. The zero-order valence-corrected chi connectivity index (χ0v) is 9.18. The molecule has 1 aromatic heterocycles. The minimum atomic E-state index is -0.417. The van der Waals surface area contributed by atoms with E-state index in [2.05, 4.69) is 10.2 Å². The number of nitrogens with two attached hydrogens (primary N) is 1. The van der Waals surface area contributed by atoms with Gasteiger partial charge >= 0.3 is 0 Å². The Hall–Kier alpha value is -1.91. The van der Waals surface area contributed by atoms with Crippen LogP contribution in [0.15, 0.2) is 24.5 Å². The van der Waals surface area contributed by atoms with E-state index in [1.54, 1.807) is 18.5 Å². The van der Waals surface area contributed by atoms with Crippen molar-refractivity contribution < 1.29 is 4.39 Å². The van der Waals surface area contributed by atoms with Crippen LogP contribution < -0.4 is 5.73 Å². The maximum atomic E-state index is 13.0. The summed E-state index contributed by atoms with van der Waals surface area (Å²) in [7, 11) is 0. The van der Waals surface area contributed by atoms with Crippen LogP contribution in [-0.2, 0) is 0 Å². The lowest BCUT2D eigenvalue weighted by Crippen LogP contribution is -2.02. The molecule has 2 N–H and O–H groups in total. The van der Waals surface area contributed by atoms with E-state index in [1.807, 2.05) is 18.4 Å². The number of halogens is 1. The quantitative estimate of drug-likeness (QED) is 0.790. The van der Waals surface area contributed by atoms with E-state index in [0.29, 0.717) is 5.82 Å². The Labute approximate surface area is 92.9 Å². The summed E-state index contributed by atoms with van der Waals surface area (Å²) in [5.41, 5.74) is 6.41. The molecule has 5 heteroatoms. The van der Waals surface area contributed by atoms with Gasteiger partial charge in [0, 0.05) is 11.6 Å². The van der Waals surface area contributed by atoms with Crippen molar-refractivity contribution >= 4 is 5.69 Å². The molecule has 16 heavy (non-hydrogen) atoms. The number of nitrogen functional groups attached to an aromatic ring is 1. The summed E-state index contributed by atoms with van der Waals surface area (Å²) in [6.07, 6.45) is 1.65. The summed E-state index contributed by atoms with van der Waals surface area (Å²) in [6, 6.07) is 4.80. The standard InChI is InChI=1S/C11H13FN4/c1-7(2)16-6-14-15-11(16)8-3-4-9(12)10(13)5-8/h3-7H,13H2,1-2H3. The Morgan fingerprint density at radius 1 is 1.38 bits per heavy atom. The fourth-order valence-electron chi connectivity index (χ4n) is 1.51. The summed E-state index contributed by atoms with van der Waals surface area (Å²) in [4.78, 5) is 0. The zero-order chi connectivity index (χ0) is 11.7. The third kappa shape index (κ3) is 1.76. The lowest BCUT2D eigenvalue weighted by atomic mass is 10.1. The minimum absolute atomic E-state index is 0.121. The Kier molecular flexibility index (Phi) is 2.60. The van der Waals surface area contributed by atoms with Gasteiger partial charge in [-0.1, -0.05) is 0 Å². The summed E-state index contributed by atoms with van der Waals surface area (Å²) in [5.74, 6) is 0.279. The van der Waals surface area contributed by atoms with Crippen molar-refractivity contribution in [3.63, 3.8) is 0 Å². The van der Waals surface area contributed by atoms with Gasteiger partial charge in [-0.15, -0.1) is 10.2 Å². The fraction of sp³-hybridized carbons (Fsp3) is 0.273. The SMILES string of the molecule is CC(C)n1cnnc1-c1ccc(F)c(N)c1. The Balaban J connectivity index is 2.50. The highest BCUT2D eigenvalue weighted by atomic mass is 19.1. The number of nitrogens with zero attached hydrogens (tertiary/aromatic N) is 3. The van der Waals surface area contributed by atoms with Gasteiger partial charge < -0.3 is 10.3 Å². The van der Waals surface area contributed by atoms with E-state index in [-0.39, 0.29) is 11.7 Å². The van der Waals surface area contributed by atoms with E-state index in [1.165, 1.54) is 6.07 Å². The molecule has 1 aromatic carbocycles. The molecule has 0 aliphatic rings. The van der Waals surface area contributed by atoms with E-state index >= 15 is 0 Å². The predicted octanol–water partition coefficient (Wildman–Crippen LogP) is 2.25. The molecule has 0 spiro atoms. The molecule has 0 unspecified atom stereocenters. The van der Waals surface area contributed by atoms with Crippen molar-refractivity contribution in [1.82, 2.24) is 14.8 Å². The third-order valence-corrected chi connectivity index (χ3v) is 2.38. The summed E-state index contributed by atoms with van der Waals surface area (Å²) in [6.45, 7) is 4.06. The van der Waals surface area contributed by atoms with Crippen LogP contribution in [0.4, 0.5) is 10.1 Å². The topological polar surface area (TPSA) is 56.7 Å². The Bertz CT molecular complexity index is 504. The monoisotopic (exact) mass is 220 g/mol. The number of anilines is 1. The molecule has 2 aromatic rings. The van der Waals surface area contributed by atoms with Crippen molar-refractivity contribution in [2.45, 2.75) is 19.9 Å². The maximum Gasteiger partial charge on any atom is 0.164 e. The average molecular weight is 220 g/mol. The molecule has 0 radical (unpaired) electrons. The molecule has 1 heterocycles. The number of hydrogen-bond donors (Lipinski definition) is 1. The van der Waals surface area contributed by atoms with Crippen LogP contribution in [0.3, 0.4) is 0 Å². The molecule has 0 saturated carbocycles. The summed E-state index contributed by atoms with van der Waals surface area (Å²) >= 11 is 0. The van der Waals surface area contributed by atoms with E-state index in [9.17, 15) is 4.39 Å². The van der Waals surface area contributed by atoms with Gasteiger partial charge in [-0.2, -0.15) is 0 Å². The molecular weight excluding hydrogens is 207 g/mol. The number of hydrogen-bond acceptors (Lipinski definition) is 3. The molecule has 0 aliphatic carbocycles.